The van der Waals surface area contributed by atoms with E-state index in [1.54, 1.807) is 11.8 Å². The first-order valence-corrected chi connectivity index (χ1v) is 9.12. The van der Waals surface area contributed by atoms with Crippen LogP contribution in [0.25, 0.3) is 0 Å². The molecule has 0 saturated carbocycles. The summed E-state index contributed by atoms with van der Waals surface area (Å²) in [4.78, 5) is 3.99. The van der Waals surface area contributed by atoms with Gasteiger partial charge in [-0.2, -0.15) is 0 Å². The van der Waals surface area contributed by atoms with Gasteiger partial charge in [0.2, 0.25) is 0 Å². The van der Waals surface area contributed by atoms with Crippen LogP contribution in [0.1, 0.15) is 50.6 Å². The predicted molar refractivity (Wildman–Crippen MR) is 89.3 cm³/mol. The van der Waals surface area contributed by atoms with Crippen molar-refractivity contribution in [3.63, 3.8) is 0 Å². The summed E-state index contributed by atoms with van der Waals surface area (Å²) in [6.45, 7) is 4.23. The molecule has 2 unspecified atom stereocenters. The molecular formula is C17H28N2S. The molecule has 2 atom stereocenters. The van der Waals surface area contributed by atoms with Crippen molar-refractivity contribution in [3.8, 4) is 0 Å². The van der Waals surface area contributed by atoms with Crippen molar-refractivity contribution < 1.29 is 0 Å². The van der Waals surface area contributed by atoms with Gasteiger partial charge in [-0.1, -0.05) is 31.9 Å². The summed E-state index contributed by atoms with van der Waals surface area (Å²) in [6, 6.07) is 10.1. The molecule has 0 spiro atoms. The fourth-order valence-corrected chi connectivity index (χ4v) is 3.75. The second-order valence-corrected chi connectivity index (χ2v) is 6.55. The normalized spacial score (nSPS) is 22.4. The molecule has 0 amide bonds. The van der Waals surface area contributed by atoms with Crippen molar-refractivity contribution in [3.05, 3.63) is 29.8 Å². The lowest BCUT2D eigenvalue weighted by Gasteiger charge is -2.36. The zero-order valence-corrected chi connectivity index (χ0v) is 13.7. The van der Waals surface area contributed by atoms with Gasteiger partial charge in [0.1, 0.15) is 0 Å². The molecule has 112 valence electrons. The third kappa shape index (κ3) is 3.78. The Kier molecular flexibility index (Phi) is 6.40. The van der Waals surface area contributed by atoms with Crippen LogP contribution in [0.15, 0.2) is 29.2 Å². The third-order valence-corrected chi connectivity index (χ3v) is 5.26. The molecule has 1 fully saturated rings. The number of likely N-dealkylation sites (tertiary alicyclic amines) is 1. The Balaban J connectivity index is 2.19. The number of nitrogens with two attached hydrogens (primary N) is 1. The highest BCUT2D eigenvalue weighted by Gasteiger charge is 2.26. The zero-order chi connectivity index (χ0) is 14.4. The summed E-state index contributed by atoms with van der Waals surface area (Å²) < 4.78 is 0. The summed E-state index contributed by atoms with van der Waals surface area (Å²) >= 11 is 1.80. The van der Waals surface area contributed by atoms with E-state index in [0.717, 1.165) is 6.54 Å². The average Bonchev–Trinajstić information content (AvgIpc) is 2.74. The molecule has 0 aromatic heterocycles. The molecule has 3 heteroatoms. The summed E-state index contributed by atoms with van der Waals surface area (Å²) in [6.07, 6.45) is 8.75. The van der Waals surface area contributed by atoms with E-state index in [1.165, 1.54) is 49.1 Å². The van der Waals surface area contributed by atoms with Gasteiger partial charge in [0.05, 0.1) is 0 Å². The molecule has 1 aliphatic heterocycles. The van der Waals surface area contributed by atoms with Crippen LogP contribution in [0, 0.1) is 0 Å². The highest BCUT2D eigenvalue weighted by molar-refractivity contribution is 7.98. The van der Waals surface area contributed by atoms with Crippen LogP contribution in [0.4, 0.5) is 0 Å². The standard InChI is InChI=1S/C17H28N2S/c1-3-15-7-5-4-6-12-19(15)17(13-18)14-8-10-16(20-2)11-9-14/h8-11,15,17H,3-7,12-13,18H2,1-2H3. The van der Waals surface area contributed by atoms with Crippen LogP contribution in [0.2, 0.25) is 0 Å². The van der Waals surface area contributed by atoms with E-state index in [2.05, 4.69) is 42.3 Å². The van der Waals surface area contributed by atoms with Crippen molar-refractivity contribution in [2.75, 3.05) is 19.3 Å². The van der Waals surface area contributed by atoms with Crippen LogP contribution < -0.4 is 5.73 Å². The van der Waals surface area contributed by atoms with Gasteiger partial charge < -0.3 is 5.73 Å². The lowest BCUT2D eigenvalue weighted by molar-refractivity contribution is 0.136. The van der Waals surface area contributed by atoms with Crippen molar-refractivity contribution in [1.82, 2.24) is 4.90 Å². The maximum absolute atomic E-state index is 6.13. The molecule has 1 aliphatic rings. The monoisotopic (exact) mass is 292 g/mol. The summed E-state index contributed by atoms with van der Waals surface area (Å²) in [5.41, 5.74) is 7.51. The van der Waals surface area contributed by atoms with Gasteiger partial charge in [0.15, 0.2) is 0 Å². The van der Waals surface area contributed by atoms with E-state index in [-0.39, 0.29) is 0 Å². The predicted octanol–water partition coefficient (Wildman–Crippen LogP) is 4.06. The molecule has 2 rings (SSSR count). The molecule has 20 heavy (non-hydrogen) atoms. The van der Waals surface area contributed by atoms with Gasteiger partial charge in [-0.3, -0.25) is 4.90 Å². The van der Waals surface area contributed by atoms with E-state index >= 15 is 0 Å². The summed E-state index contributed by atoms with van der Waals surface area (Å²) in [5.74, 6) is 0. The fourth-order valence-electron chi connectivity index (χ4n) is 3.34. The number of nitrogens with zero attached hydrogens (tertiary/aromatic N) is 1. The van der Waals surface area contributed by atoms with Crippen LogP contribution in [0.5, 0.6) is 0 Å². The molecule has 1 heterocycles. The number of rotatable bonds is 5. The second kappa shape index (κ2) is 8.06. The Morgan fingerprint density at radius 2 is 2.00 bits per heavy atom. The molecule has 0 aliphatic carbocycles. The lowest BCUT2D eigenvalue weighted by atomic mass is 10.0. The Morgan fingerprint density at radius 3 is 2.60 bits per heavy atom. The molecular weight excluding hydrogens is 264 g/mol. The van der Waals surface area contributed by atoms with Crippen LogP contribution in [-0.2, 0) is 0 Å². The first-order chi connectivity index (χ1) is 9.80. The van der Waals surface area contributed by atoms with Crippen LogP contribution >= 0.6 is 11.8 Å². The number of hydrogen-bond acceptors (Lipinski definition) is 3. The maximum Gasteiger partial charge on any atom is 0.0473 e. The van der Waals surface area contributed by atoms with Crippen molar-refractivity contribution in [1.29, 1.82) is 0 Å². The summed E-state index contributed by atoms with van der Waals surface area (Å²) in [7, 11) is 0. The smallest absolute Gasteiger partial charge is 0.0473 e. The summed E-state index contributed by atoms with van der Waals surface area (Å²) in [5, 5.41) is 0. The number of thioether (sulfide) groups is 1. The first kappa shape index (κ1) is 15.9. The Hall–Kier alpha value is -0.510. The van der Waals surface area contributed by atoms with Crippen molar-refractivity contribution >= 4 is 11.8 Å². The number of benzene rings is 1. The van der Waals surface area contributed by atoms with Gasteiger partial charge in [-0.15, -0.1) is 11.8 Å². The van der Waals surface area contributed by atoms with E-state index < -0.39 is 0 Å². The Labute approximate surface area is 128 Å². The highest BCUT2D eigenvalue weighted by Crippen LogP contribution is 2.29. The highest BCUT2D eigenvalue weighted by atomic mass is 32.2. The molecule has 1 aromatic rings. The Bertz CT molecular complexity index is 390. The Morgan fingerprint density at radius 1 is 1.25 bits per heavy atom. The lowest BCUT2D eigenvalue weighted by Crippen LogP contribution is -2.41. The van der Waals surface area contributed by atoms with Crippen LogP contribution in [0.3, 0.4) is 0 Å². The minimum absolute atomic E-state index is 0.383. The average molecular weight is 292 g/mol. The van der Waals surface area contributed by atoms with Crippen molar-refractivity contribution in [2.24, 2.45) is 5.73 Å². The van der Waals surface area contributed by atoms with Gasteiger partial charge in [0.25, 0.3) is 0 Å². The first-order valence-electron chi connectivity index (χ1n) is 7.90. The van der Waals surface area contributed by atoms with E-state index in [4.69, 9.17) is 5.73 Å². The van der Waals surface area contributed by atoms with Crippen molar-refractivity contribution in [2.45, 2.75) is 56.0 Å². The fraction of sp³-hybridized carbons (Fsp3) is 0.647. The molecule has 2 N–H and O–H groups in total. The van der Waals surface area contributed by atoms with Gasteiger partial charge in [-0.25, -0.2) is 0 Å². The number of hydrogen-bond donors (Lipinski definition) is 1. The third-order valence-electron chi connectivity index (χ3n) is 4.52. The molecule has 2 nitrogen and oxygen atoms in total. The SMILES string of the molecule is CCC1CCCCCN1C(CN)c1ccc(SC)cc1. The van der Waals surface area contributed by atoms with E-state index in [1.807, 2.05) is 0 Å². The quantitative estimate of drug-likeness (QED) is 0.830. The second-order valence-electron chi connectivity index (χ2n) is 5.67. The maximum atomic E-state index is 6.13. The molecule has 1 aromatic carbocycles. The minimum atomic E-state index is 0.383. The molecule has 0 bridgehead atoms. The van der Waals surface area contributed by atoms with Crippen LogP contribution in [-0.4, -0.2) is 30.3 Å². The zero-order valence-electron chi connectivity index (χ0n) is 12.8. The van der Waals surface area contributed by atoms with Gasteiger partial charge in [0, 0.05) is 23.5 Å². The molecule has 1 saturated heterocycles. The minimum Gasteiger partial charge on any atom is -0.329 e. The topological polar surface area (TPSA) is 29.3 Å². The largest absolute Gasteiger partial charge is 0.329 e. The van der Waals surface area contributed by atoms with E-state index in [9.17, 15) is 0 Å². The van der Waals surface area contributed by atoms with Gasteiger partial charge >= 0.3 is 0 Å². The van der Waals surface area contributed by atoms with E-state index in [0.29, 0.717) is 12.1 Å². The molecule has 0 radical (unpaired) electrons. The van der Waals surface area contributed by atoms with Gasteiger partial charge in [-0.05, 0) is 49.8 Å².